The zero-order valence-corrected chi connectivity index (χ0v) is 21.3. The number of halogens is 12. The van der Waals surface area contributed by atoms with E-state index in [2.05, 4.69) is 5.32 Å². The minimum Gasteiger partial charge on any atom is -0.322 e. The molecule has 0 heterocycles. The average Bonchev–Trinajstić information content (AvgIpc) is 2.82. The van der Waals surface area contributed by atoms with Gasteiger partial charge in [0.1, 0.15) is 5.82 Å². The second-order valence-corrected chi connectivity index (χ2v) is 9.19. The predicted octanol–water partition coefficient (Wildman–Crippen LogP) is 8.24. The van der Waals surface area contributed by atoms with Gasteiger partial charge in [0.25, 0.3) is 11.8 Å². The molecule has 4 nitrogen and oxygen atoms in total. The fourth-order valence-electron chi connectivity index (χ4n) is 3.40. The minimum absolute atomic E-state index is 0.0689. The van der Waals surface area contributed by atoms with Crippen LogP contribution >= 0.6 is 22.6 Å². The van der Waals surface area contributed by atoms with Gasteiger partial charge in [0.2, 0.25) is 0 Å². The molecule has 3 aromatic carbocycles. The van der Waals surface area contributed by atoms with Crippen LogP contribution < -0.4 is 10.6 Å². The summed E-state index contributed by atoms with van der Waals surface area (Å²) >= 11 is 0.929. The fourth-order valence-corrected chi connectivity index (χ4v) is 4.16. The Hall–Kier alpha value is -3.44. The standard InChI is InChI=1S/C24H12F11IN2O2/c25-14-5-1-3-11(7-14)19(39)37-15-6-2-4-12(8-15)20(40)38-18-16(22(27,28)29)9-13(10-17(18)36)21(26,23(30,31)32)24(33,34)35/h1-10H,(H,37,39)(H,38,40). The molecule has 214 valence electrons. The van der Waals surface area contributed by atoms with Crippen LogP contribution in [-0.4, -0.2) is 24.2 Å². The van der Waals surface area contributed by atoms with Gasteiger partial charge in [-0.05, 0) is 71.1 Å². The van der Waals surface area contributed by atoms with Crippen molar-refractivity contribution in [1.29, 1.82) is 0 Å². The smallest absolute Gasteiger partial charge is 0.322 e. The number of carbonyl (C=O) groups excluding carboxylic acids is 2. The van der Waals surface area contributed by atoms with Crippen molar-refractivity contribution >= 4 is 45.8 Å². The summed E-state index contributed by atoms with van der Waals surface area (Å²) in [5.74, 6) is -2.85. The van der Waals surface area contributed by atoms with Gasteiger partial charge in [-0.2, -0.15) is 39.5 Å². The van der Waals surface area contributed by atoms with Crippen molar-refractivity contribution in [2.45, 2.75) is 24.2 Å². The van der Waals surface area contributed by atoms with Crippen molar-refractivity contribution in [2.24, 2.45) is 0 Å². The topological polar surface area (TPSA) is 58.2 Å². The van der Waals surface area contributed by atoms with Gasteiger partial charge in [0.05, 0.1) is 11.3 Å². The molecule has 0 saturated heterocycles. The molecular weight excluding hydrogens is 684 g/mol. The lowest BCUT2D eigenvalue weighted by Crippen LogP contribution is -2.50. The molecule has 40 heavy (non-hydrogen) atoms. The molecule has 2 amide bonds. The quantitative estimate of drug-likeness (QED) is 0.209. The van der Waals surface area contributed by atoms with Crippen LogP contribution in [0.25, 0.3) is 0 Å². The van der Waals surface area contributed by atoms with Crippen LogP contribution in [0.1, 0.15) is 31.8 Å². The molecule has 0 aliphatic rings. The fraction of sp³-hybridized carbons (Fsp3) is 0.167. The molecule has 3 rings (SSSR count). The first-order chi connectivity index (χ1) is 18.3. The largest absolute Gasteiger partial charge is 0.435 e. The van der Waals surface area contributed by atoms with E-state index in [1.54, 1.807) is 5.32 Å². The maximum absolute atomic E-state index is 14.5. The molecule has 3 aromatic rings. The number of hydrogen-bond acceptors (Lipinski definition) is 2. The second-order valence-electron chi connectivity index (χ2n) is 8.03. The summed E-state index contributed by atoms with van der Waals surface area (Å²) in [5, 5.41) is 4.09. The van der Waals surface area contributed by atoms with E-state index in [0.717, 1.165) is 46.9 Å². The van der Waals surface area contributed by atoms with Gasteiger partial charge in [-0.25, -0.2) is 8.78 Å². The van der Waals surface area contributed by atoms with Gasteiger partial charge in [-0.1, -0.05) is 12.1 Å². The van der Waals surface area contributed by atoms with Crippen LogP contribution in [0.4, 0.5) is 59.7 Å². The van der Waals surface area contributed by atoms with Crippen molar-refractivity contribution in [2.75, 3.05) is 10.6 Å². The van der Waals surface area contributed by atoms with Crippen molar-refractivity contribution in [1.82, 2.24) is 0 Å². The summed E-state index contributed by atoms with van der Waals surface area (Å²) in [5.41, 5.74) is -12.5. The van der Waals surface area contributed by atoms with Crippen molar-refractivity contribution in [3.8, 4) is 0 Å². The number of nitrogens with one attached hydrogen (secondary N) is 2. The van der Waals surface area contributed by atoms with E-state index < -0.39 is 73.8 Å². The van der Waals surface area contributed by atoms with Crippen LogP contribution in [0.2, 0.25) is 0 Å². The number of alkyl halides is 10. The zero-order chi connectivity index (χ0) is 30.3. The Bertz CT molecular complexity index is 1440. The van der Waals surface area contributed by atoms with Crippen LogP contribution in [-0.2, 0) is 11.8 Å². The molecule has 0 atom stereocenters. The summed E-state index contributed by atoms with van der Waals surface area (Å²) in [6.07, 6.45) is -19.0. The van der Waals surface area contributed by atoms with Crippen LogP contribution in [0.3, 0.4) is 0 Å². The van der Waals surface area contributed by atoms with Crippen molar-refractivity contribution < 1.29 is 57.9 Å². The number of rotatable bonds is 5. The Labute approximate surface area is 230 Å². The molecule has 16 heteroatoms. The monoisotopic (exact) mass is 696 g/mol. The third kappa shape index (κ3) is 6.31. The lowest BCUT2D eigenvalue weighted by molar-refractivity contribution is -0.348. The van der Waals surface area contributed by atoms with E-state index in [4.69, 9.17) is 0 Å². The zero-order valence-electron chi connectivity index (χ0n) is 19.1. The van der Waals surface area contributed by atoms with E-state index in [9.17, 15) is 57.9 Å². The summed E-state index contributed by atoms with van der Waals surface area (Å²) in [4.78, 5) is 25.0. The van der Waals surface area contributed by atoms with E-state index in [-0.39, 0.29) is 17.3 Å². The molecule has 0 aromatic heterocycles. The number of benzene rings is 3. The van der Waals surface area contributed by atoms with E-state index in [1.807, 2.05) is 0 Å². The third-order valence-electron chi connectivity index (χ3n) is 5.28. The van der Waals surface area contributed by atoms with Gasteiger partial charge in [-0.15, -0.1) is 0 Å². The second kappa shape index (κ2) is 10.9. The van der Waals surface area contributed by atoms with E-state index in [1.165, 1.54) is 24.3 Å². The molecule has 0 saturated carbocycles. The Balaban J connectivity index is 1.99. The van der Waals surface area contributed by atoms with E-state index >= 15 is 0 Å². The highest BCUT2D eigenvalue weighted by Gasteiger charge is 2.73. The third-order valence-corrected chi connectivity index (χ3v) is 6.13. The molecule has 0 radical (unpaired) electrons. The number of hydrogen-bond donors (Lipinski definition) is 2. The Morgan fingerprint density at radius 1 is 0.675 bits per heavy atom. The molecule has 2 N–H and O–H groups in total. The molecule has 0 aliphatic carbocycles. The summed E-state index contributed by atoms with van der Waals surface area (Å²) in [7, 11) is 0. The summed E-state index contributed by atoms with van der Waals surface area (Å²) < 4.78 is 147. The number of anilines is 2. The summed E-state index contributed by atoms with van der Waals surface area (Å²) in [6.45, 7) is 0. The highest BCUT2D eigenvalue weighted by molar-refractivity contribution is 14.1. The maximum atomic E-state index is 14.5. The molecular formula is C24H12F11IN2O2. The maximum Gasteiger partial charge on any atom is 0.435 e. The van der Waals surface area contributed by atoms with Crippen LogP contribution in [0.15, 0.2) is 60.7 Å². The number of carbonyl (C=O) groups is 2. The highest BCUT2D eigenvalue weighted by Crippen LogP contribution is 2.54. The molecule has 0 unspecified atom stereocenters. The van der Waals surface area contributed by atoms with Gasteiger partial charge in [0, 0.05) is 25.9 Å². The average molecular weight is 696 g/mol. The van der Waals surface area contributed by atoms with Gasteiger partial charge in [0.15, 0.2) is 0 Å². The first-order valence-corrected chi connectivity index (χ1v) is 11.6. The molecule has 0 aliphatic heterocycles. The Kier molecular flexibility index (Phi) is 8.44. The lowest BCUT2D eigenvalue weighted by atomic mass is 9.92. The van der Waals surface area contributed by atoms with Gasteiger partial charge >= 0.3 is 24.2 Å². The van der Waals surface area contributed by atoms with Crippen molar-refractivity contribution in [3.05, 3.63) is 92.3 Å². The van der Waals surface area contributed by atoms with E-state index in [0.29, 0.717) is 0 Å². The Morgan fingerprint density at radius 2 is 1.20 bits per heavy atom. The molecule has 0 fully saturated rings. The van der Waals surface area contributed by atoms with Crippen molar-refractivity contribution in [3.63, 3.8) is 0 Å². The SMILES string of the molecule is O=C(Nc1cccc(C(=O)Nc2c(I)cc(C(F)(C(F)(F)F)C(F)(F)F)cc2C(F)(F)F)c1)c1cccc(F)c1. The number of amides is 2. The van der Waals surface area contributed by atoms with Gasteiger partial charge < -0.3 is 10.6 Å². The predicted molar refractivity (Wildman–Crippen MR) is 128 cm³/mol. The summed E-state index contributed by atoms with van der Waals surface area (Å²) in [6, 6.07) is 8.23. The normalized spacial score (nSPS) is 12.7. The first-order valence-electron chi connectivity index (χ1n) is 10.5. The lowest BCUT2D eigenvalue weighted by Gasteiger charge is -2.31. The van der Waals surface area contributed by atoms with Crippen LogP contribution in [0.5, 0.6) is 0 Å². The first kappa shape index (κ1) is 31.1. The van der Waals surface area contributed by atoms with Crippen LogP contribution in [0, 0.1) is 9.39 Å². The minimum atomic E-state index is -6.67. The Morgan fingerprint density at radius 3 is 1.73 bits per heavy atom. The molecule has 0 spiro atoms. The van der Waals surface area contributed by atoms with Gasteiger partial charge in [-0.3, -0.25) is 9.59 Å². The highest BCUT2D eigenvalue weighted by atomic mass is 127. The molecule has 0 bridgehead atoms.